The molecule has 1 heterocycles. The van der Waals surface area contributed by atoms with Crippen molar-refractivity contribution in [3.63, 3.8) is 0 Å². The van der Waals surface area contributed by atoms with Gasteiger partial charge in [-0.25, -0.2) is 0 Å². The molecule has 0 fully saturated rings. The molecule has 0 aliphatic heterocycles. The highest BCUT2D eigenvalue weighted by Gasteiger charge is 2.10. The van der Waals surface area contributed by atoms with Crippen LogP contribution in [0, 0.1) is 0 Å². The summed E-state index contributed by atoms with van der Waals surface area (Å²) in [4.78, 5) is 12.3. The van der Waals surface area contributed by atoms with E-state index in [1.807, 2.05) is 61.5 Å². The van der Waals surface area contributed by atoms with E-state index >= 15 is 0 Å². The molecule has 1 aromatic heterocycles. The largest absolute Gasteiger partial charge is 0.461 e. The minimum Gasteiger partial charge on any atom is -0.461 e. The summed E-state index contributed by atoms with van der Waals surface area (Å²) in [5, 5.41) is 1.04. The Kier molecular flexibility index (Phi) is 2.92. The molecule has 0 bridgehead atoms. The third kappa shape index (κ3) is 2.17. The molecular formula is C17H14O2. The molecule has 0 atom stereocenters. The number of furan rings is 1. The Morgan fingerprint density at radius 1 is 1.00 bits per heavy atom. The highest BCUT2D eigenvalue weighted by Crippen LogP contribution is 2.22. The van der Waals surface area contributed by atoms with Crippen LogP contribution in [0.15, 0.2) is 59.0 Å². The Hall–Kier alpha value is -2.35. The normalized spacial score (nSPS) is 10.8. The van der Waals surface area contributed by atoms with Gasteiger partial charge in [-0.2, -0.15) is 0 Å². The first-order valence-corrected chi connectivity index (χ1v) is 6.40. The van der Waals surface area contributed by atoms with Gasteiger partial charge < -0.3 is 4.42 Å². The van der Waals surface area contributed by atoms with Crippen molar-refractivity contribution in [1.82, 2.24) is 0 Å². The van der Waals surface area contributed by atoms with Gasteiger partial charge in [0.15, 0.2) is 5.78 Å². The summed E-state index contributed by atoms with van der Waals surface area (Å²) in [6.45, 7) is 2.05. The summed E-state index contributed by atoms with van der Waals surface area (Å²) in [6.07, 6.45) is 0.858. The Balaban J connectivity index is 2.03. The zero-order valence-electron chi connectivity index (χ0n) is 10.7. The molecule has 2 heteroatoms. The molecule has 0 saturated carbocycles. The number of hydrogen-bond acceptors (Lipinski definition) is 2. The van der Waals surface area contributed by atoms with Gasteiger partial charge in [-0.3, -0.25) is 4.79 Å². The van der Waals surface area contributed by atoms with Crippen LogP contribution in [0.1, 0.15) is 28.6 Å². The SMILES string of the molecule is CCc1cc2ccc(C(=O)c3ccccc3)cc2o1. The second kappa shape index (κ2) is 4.73. The Bertz CT molecular complexity index is 723. The smallest absolute Gasteiger partial charge is 0.193 e. The van der Waals surface area contributed by atoms with Crippen molar-refractivity contribution in [2.24, 2.45) is 0 Å². The lowest BCUT2D eigenvalue weighted by atomic mass is 10.0. The van der Waals surface area contributed by atoms with Crippen molar-refractivity contribution in [2.45, 2.75) is 13.3 Å². The van der Waals surface area contributed by atoms with Gasteiger partial charge in [0.25, 0.3) is 0 Å². The predicted octanol–water partition coefficient (Wildman–Crippen LogP) is 4.23. The van der Waals surface area contributed by atoms with Crippen LogP contribution >= 0.6 is 0 Å². The molecule has 0 unspecified atom stereocenters. The van der Waals surface area contributed by atoms with Crippen molar-refractivity contribution in [1.29, 1.82) is 0 Å². The van der Waals surface area contributed by atoms with Gasteiger partial charge >= 0.3 is 0 Å². The van der Waals surface area contributed by atoms with Crippen LogP contribution in [0.4, 0.5) is 0 Å². The Morgan fingerprint density at radius 2 is 1.79 bits per heavy atom. The number of rotatable bonds is 3. The van der Waals surface area contributed by atoms with Crippen LogP contribution in [-0.4, -0.2) is 5.78 Å². The number of carbonyl (C=O) groups excluding carboxylic acids is 1. The second-order valence-electron chi connectivity index (χ2n) is 4.51. The van der Waals surface area contributed by atoms with E-state index in [-0.39, 0.29) is 5.78 Å². The average Bonchev–Trinajstić information content (AvgIpc) is 2.89. The maximum Gasteiger partial charge on any atom is 0.193 e. The number of hydrogen-bond donors (Lipinski definition) is 0. The zero-order valence-corrected chi connectivity index (χ0v) is 10.7. The topological polar surface area (TPSA) is 30.2 Å². The molecule has 0 aliphatic carbocycles. The fourth-order valence-corrected chi connectivity index (χ4v) is 2.16. The highest BCUT2D eigenvalue weighted by molar-refractivity contribution is 6.10. The van der Waals surface area contributed by atoms with E-state index in [1.54, 1.807) is 0 Å². The van der Waals surface area contributed by atoms with E-state index in [4.69, 9.17) is 4.42 Å². The average molecular weight is 250 g/mol. The minimum atomic E-state index is 0.0250. The fraction of sp³-hybridized carbons (Fsp3) is 0.118. The molecule has 19 heavy (non-hydrogen) atoms. The second-order valence-corrected chi connectivity index (χ2v) is 4.51. The Labute approximate surface area is 111 Å². The van der Waals surface area contributed by atoms with Crippen LogP contribution < -0.4 is 0 Å². The summed E-state index contributed by atoms with van der Waals surface area (Å²) in [5.74, 6) is 0.969. The molecule has 3 aromatic rings. The zero-order chi connectivity index (χ0) is 13.2. The number of benzene rings is 2. The number of carbonyl (C=O) groups is 1. The molecule has 3 rings (SSSR count). The van der Waals surface area contributed by atoms with Crippen LogP contribution in [0.2, 0.25) is 0 Å². The molecule has 94 valence electrons. The third-order valence-corrected chi connectivity index (χ3v) is 3.22. The quantitative estimate of drug-likeness (QED) is 0.651. The first-order valence-electron chi connectivity index (χ1n) is 6.40. The summed E-state index contributed by atoms with van der Waals surface area (Å²) in [6, 6.07) is 16.9. The molecule has 0 N–H and O–H groups in total. The summed E-state index contributed by atoms with van der Waals surface area (Å²) < 4.78 is 5.69. The van der Waals surface area contributed by atoms with E-state index in [0.29, 0.717) is 11.1 Å². The lowest BCUT2D eigenvalue weighted by Gasteiger charge is -2.00. The summed E-state index contributed by atoms with van der Waals surface area (Å²) in [5.41, 5.74) is 2.14. The molecule has 0 radical (unpaired) electrons. The molecule has 0 aliphatic rings. The van der Waals surface area contributed by atoms with E-state index in [9.17, 15) is 4.79 Å². The first-order chi connectivity index (χ1) is 9.28. The monoisotopic (exact) mass is 250 g/mol. The van der Waals surface area contributed by atoms with Crippen molar-refractivity contribution in [2.75, 3.05) is 0 Å². The minimum absolute atomic E-state index is 0.0250. The van der Waals surface area contributed by atoms with Crippen molar-refractivity contribution < 1.29 is 9.21 Å². The van der Waals surface area contributed by atoms with Gasteiger partial charge in [0.05, 0.1) is 0 Å². The van der Waals surface area contributed by atoms with Crippen LogP contribution in [0.5, 0.6) is 0 Å². The van der Waals surface area contributed by atoms with Gasteiger partial charge in [-0.15, -0.1) is 0 Å². The van der Waals surface area contributed by atoms with E-state index in [2.05, 4.69) is 0 Å². The summed E-state index contributed by atoms with van der Waals surface area (Å²) >= 11 is 0. The molecule has 0 amide bonds. The summed E-state index contributed by atoms with van der Waals surface area (Å²) in [7, 11) is 0. The standard InChI is InChI=1S/C17H14O2/c1-2-15-10-13-8-9-14(11-16(13)19-15)17(18)12-6-4-3-5-7-12/h3-11H,2H2,1H3. The van der Waals surface area contributed by atoms with Crippen LogP contribution in [0.3, 0.4) is 0 Å². The van der Waals surface area contributed by atoms with E-state index in [0.717, 1.165) is 23.2 Å². The molecule has 2 nitrogen and oxygen atoms in total. The van der Waals surface area contributed by atoms with Crippen LogP contribution in [0.25, 0.3) is 11.0 Å². The maximum absolute atomic E-state index is 12.3. The van der Waals surface area contributed by atoms with Crippen LogP contribution in [-0.2, 0) is 6.42 Å². The molecule has 0 spiro atoms. The number of aryl methyl sites for hydroxylation is 1. The van der Waals surface area contributed by atoms with Gasteiger partial charge in [0.2, 0.25) is 0 Å². The van der Waals surface area contributed by atoms with Gasteiger partial charge in [0, 0.05) is 22.9 Å². The van der Waals surface area contributed by atoms with Gasteiger partial charge in [-0.05, 0) is 12.1 Å². The molecule has 2 aromatic carbocycles. The number of ketones is 1. The Morgan fingerprint density at radius 3 is 2.53 bits per heavy atom. The molecule has 0 saturated heterocycles. The third-order valence-electron chi connectivity index (χ3n) is 3.22. The highest BCUT2D eigenvalue weighted by atomic mass is 16.3. The molecular weight excluding hydrogens is 236 g/mol. The predicted molar refractivity (Wildman–Crippen MR) is 75.5 cm³/mol. The van der Waals surface area contributed by atoms with Crippen molar-refractivity contribution in [3.8, 4) is 0 Å². The van der Waals surface area contributed by atoms with E-state index < -0.39 is 0 Å². The lowest BCUT2D eigenvalue weighted by molar-refractivity contribution is 0.103. The maximum atomic E-state index is 12.3. The first kappa shape index (κ1) is 11.7. The van der Waals surface area contributed by atoms with Crippen molar-refractivity contribution in [3.05, 3.63) is 71.5 Å². The lowest BCUT2D eigenvalue weighted by Crippen LogP contribution is -2.00. The fourth-order valence-electron chi connectivity index (χ4n) is 2.16. The van der Waals surface area contributed by atoms with Crippen molar-refractivity contribution >= 4 is 16.8 Å². The van der Waals surface area contributed by atoms with Gasteiger partial charge in [-0.1, -0.05) is 49.4 Å². The number of fused-ring (bicyclic) bond motifs is 1. The van der Waals surface area contributed by atoms with E-state index in [1.165, 1.54) is 0 Å². The van der Waals surface area contributed by atoms with Gasteiger partial charge in [0.1, 0.15) is 11.3 Å².